The molecule has 0 N–H and O–H groups in total. The summed E-state index contributed by atoms with van der Waals surface area (Å²) in [6.07, 6.45) is 3.74. The van der Waals surface area contributed by atoms with E-state index in [4.69, 9.17) is 4.74 Å². The quantitative estimate of drug-likeness (QED) is 0.569. The van der Waals surface area contributed by atoms with Gasteiger partial charge in [0, 0.05) is 19.2 Å². The van der Waals surface area contributed by atoms with E-state index < -0.39 is 0 Å². The van der Waals surface area contributed by atoms with Crippen molar-refractivity contribution in [3.8, 4) is 5.75 Å². The second kappa shape index (κ2) is 7.38. The van der Waals surface area contributed by atoms with Gasteiger partial charge in [-0.3, -0.25) is 4.68 Å². The van der Waals surface area contributed by atoms with Gasteiger partial charge in [0.2, 0.25) is 0 Å². The maximum absolute atomic E-state index is 12.7. The van der Waals surface area contributed by atoms with E-state index in [9.17, 15) is 4.39 Å². The Morgan fingerprint density at radius 3 is 2.80 bits per heavy atom. The van der Waals surface area contributed by atoms with Gasteiger partial charge in [0.1, 0.15) is 11.6 Å². The first-order valence-electron chi connectivity index (χ1n) is 6.61. The molecule has 0 amide bonds. The Kier molecular flexibility index (Phi) is 5.52. The molecule has 0 aliphatic rings. The van der Waals surface area contributed by atoms with E-state index in [1.807, 2.05) is 10.9 Å². The lowest BCUT2D eigenvalue weighted by atomic mass is 10.3. The van der Waals surface area contributed by atoms with Crippen molar-refractivity contribution in [3.63, 3.8) is 0 Å². The monoisotopic (exact) mass is 341 g/mol. The van der Waals surface area contributed by atoms with Crippen LogP contribution in [0.1, 0.15) is 30.3 Å². The highest BCUT2D eigenvalue weighted by molar-refractivity contribution is 9.09. The molecule has 2 rings (SSSR count). The minimum atomic E-state index is -0.257. The lowest BCUT2D eigenvalue weighted by molar-refractivity contribution is 0.297. The zero-order valence-corrected chi connectivity index (χ0v) is 12.9. The highest BCUT2D eigenvalue weighted by atomic mass is 79.9. The van der Waals surface area contributed by atoms with Crippen molar-refractivity contribution in [1.82, 2.24) is 15.0 Å². The molecule has 0 saturated carbocycles. The molecule has 6 heteroatoms. The van der Waals surface area contributed by atoms with Gasteiger partial charge in [-0.15, -0.1) is 5.10 Å². The summed E-state index contributed by atoms with van der Waals surface area (Å²) in [5, 5.41) is 8.19. The van der Waals surface area contributed by atoms with Gasteiger partial charge in [-0.05, 0) is 30.7 Å². The summed E-state index contributed by atoms with van der Waals surface area (Å²) in [6.45, 7) is 3.40. The molecule has 1 aromatic heterocycles. The number of nitrogens with zero attached hydrogens (tertiary/aromatic N) is 3. The predicted octanol–water partition coefficient (Wildman–Crippen LogP) is 3.73. The minimum absolute atomic E-state index is 0.256. The van der Waals surface area contributed by atoms with E-state index in [-0.39, 0.29) is 10.6 Å². The third kappa shape index (κ3) is 4.30. The smallest absolute Gasteiger partial charge is 0.123 e. The van der Waals surface area contributed by atoms with Crippen LogP contribution < -0.4 is 4.74 Å². The van der Waals surface area contributed by atoms with Crippen LogP contribution in [-0.2, 0) is 6.54 Å². The number of halogens is 2. The highest BCUT2D eigenvalue weighted by Crippen LogP contribution is 2.23. The van der Waals surface area contributed by atoms with Gasteiger partial charge in [0.05, 0.1) is 17.1 Å². The van der Waals surface area contributed by atoms with Crippen LogP contribution >= 0.6 is 15.9 Å². The van der Waals surface area contributed by atoms with Crippen molar-refractivity contribution >= 4 is 15.9 Å². The van der Waals surface area contributed by atoms with Gasteiger partial charge in [-0.25, -0.2) is 4.39 Å². The van der Waals surface area contributed by atoms with Crippen LogP contribution in [0.25, 0.3) is 0 Å². The average molecular weight is 342 g/mol. The normalized spacial score (nSPS) is 12.3. The molecule has 0 fully saturated rings. The number of aryl methyl sites for hydroxylation is 1. The Labute approximate surface area is 126 Å². The summed E-state index contributed by atoms with van der Waals surface area (Å²) < 4.78 is 20.0. The van der Waals surface area contributed by atoms with Gasteiger partial charge in [0.25, 0.3) is 0 Å². The van der Waals surface area contributed by atoms with E-state index in [1.54, 1.807) is 12.1 Å². The largest absolute Gasteiger partial charge is 0.494 e. The fourth-order valence-corrected chi connectivity index (χ4v) is 1.93. The van der Waals surface area contributed by atoms with E-state index >= 15 is 0 Å². The molecular formula is C14H17BrFN3O. The maximum Gasteiger partial charge on any atom is 0.123 e. The van der Waals surface area contributed by atoms with Crippen LogP contribution in [0.4, 0.5) is 4.39 Å². The van der Waals surface area contributed by atoms with Gasteiger partial charge in [-0.1, -0.05) is 28.1 Å². The molecule has 2 aromatic rings. The number of benzene rings is 1. The molecule has 108 valence electrons. The minimum Gasteiger partial charge on any atom is -0.494 e. The summed E-state index contributed by atoms with van der Waals surface area (Å²) in [5.41, 5.74) is 0.951. The van der Waals surface area contributed by atoms with Crippen LogP contribution in [-0.4, -0.2) is 21.6 Å². The Bertz CT molecular complexity index is 529. The molecule has 0 aliphatic heterocycles. The first-order valence-corrected chi connectivity index (χ1v) is 7.53. The number of aromatic nitrogens is 3. The Morgan fingerprint density at radius 2 is 2.10 bits per heavy atom. The van der Waals surface area contributed by atoms with Crippen molar-refractivity contribution in [2.75, 3.05) is 6.61 Å². The Balaban J connectivity index is 1.73. The zero-order valence-electron chi connectivity index (χ0n) is 11.3. The van der Waals surface area contributed by atoms with E-state index in [0.717, 1.165) is 25.1 Å². The van der Waals surface area contributed by atoms with Gasteiger partial charge in [-0.2, -0.15) is 0 Å². The third-order valence-electron chi connectivity index (χ3n) is 2.85. The van der Waals surface area contributed by atoms with Crippen LogP contribution in [0.2, 0.25) is 0 Å². The molecule has 0 spiro atoms. The van der Waals surface area contributed by atoms with Gasteiger partial charge < -0.3 is 4.74 Å². The number of hydrogen-bond acceptors (Lipinski definition) is 3. The van der Waals surface area contributed by atoms with Crippen molar-refractivity contribution < 1.29 is 9.13 Å². The van der Waals surface area contributed by atoms with Crippen LogP contribution in [0.3, 0.4) is 0 Å². The molecule has 20 heavy (non-hydrogen) atoms. The summed E-state index contributed by atoms with van der Waals surface area (Å²) in [7, 11) is 0. The lowest BCUT2D eigenvalue weighted by Gasteiger charge is -2.05. The number of alkyl halides is 1. The third-order valence-corrected chi connectivity index (χ3v) is 3.97. The van der Waals surface area contributed by atoms with Crippen LogP contribution in [0, 0.1) is 5.82 Å². The second-order valence-corrected chi connectivity index (χ2v) is 5.54. The van der Waals surface area contributed by atoms with Crippen LogP contribution in [0.15, 0.2) is 30.5 Å². The highest BCUT2D eigenvalue weighted by Gasteiger charge is 2.09. The molecule has 1 heterocycles. The van der Waals surface area contributed by atoms with Crippen molar-refractivity contribution in [3.05, 3.63) is 42.0 Å². The molecule has 0 saturated heterocycles. The molecule has 1 atom stereocenters. The average Bonchev–Trinajstić information content (AvgIpc) is 2.93. The van der Waals surface area contributed by atoms with Crippen molar-refractivity contribution in [2.24, 2.45) is 0 Å². The summed E-state index contributed by atoms with van der Waals surface area (Å²) >= 11 is 3.55. The summed E-state index contributed by atoms with van der Waals surface area (Å²) in [6, 6.07) is 6.03. The molecule has 0 bridgehead atoms. The second-order valence-electron chi connectivity index (χ2n) is 4.44. The van der Waals surface area contributed by atoms with Crippen molar-refractivity contribution in [2.45, 2.75) is 31.1 Å². The lowest BCUT2D eigenvalue weighted by Crippen LogP contribution is -2.05. The fraction of sp³-hybridized carbons (Fsp3) is 0.429. The number of ether oxygens (including phenoxy) is 1. The molecule has 0 radical (unpaired) electrons. The fourth-order valence-electron chi connectivity index (χ4n) is 1.72. The Morgan fingerprint density at radius 1 is 1.35 bits per heavy atom. The Hall–Kier alpha value is -1.43. The molecule has 4 nitrogen and oxygen atoms in total. The molecular weight excluding hydrogens is 325 g/mol. The first-order chi connectivity index (χ1) is 9.69. The molecule has 1 unspecified atom stereocenters. The topological polar surface area (TPSA) is 39.9 Å². The van der Waals surface area contributed by atoms with E-state index in [2.05, 4.69) is 33.2 Å². The molecule has 0 aliphatic carbocycles. The van der Waals surface area contributed by atoms with E-state index in [1.165, 1.54) is 12.1 Å². The standard InChI is InChI=1S/C14H17BrFN3O/c1-2-13(15)14-10-19(18-17-14)8-3-9-20-12-6-4-11(16)5-7-12/h4-7,10,13H,2-3,8-9H2,1H3. The zero-order chi connectivity index (χ0) is 14.4. The SMILES string of the molecule is CCC(Br)c1cn(CCCOc2ccc(F)cc2)nn1. The predicted molar refractivity (Wildman–Crippen MR) is 78.5 cm³/mol. The first kappa shape index (κ1) is 15.0. The van der Waals surface area contributed by atoms with Gasteiger partial charge in [0.15, 0.2) is 0 Å². The van der Waals surface area contributed by atoms with Crippen molar-refractivity contribution in [1.29, 1.82) is 0 Å². The summed E-state index contributed by atoms with van der Waals surface area (Å²) in [4.78, 5) is 0.256. The number of hydrogen-bond donors (Lipinski definition) is 0. The maximum atomic E-state index is 12.7. The van der Waals surface area contributed by atoms with Crippen LogP contribution in [0.5, 0.6) is 5.75 Å². The molecule has 1 aromatic carbocycles. The van der Waals surface area contributed by atoms with E-state index in [0.29, 0.717) is 12.4 Å². The number of rotatable bonds is 7. The van der Waals surface area contributed by atoms with Gasteiger partial charge >= 0.3 is 0 Å². The summed E-state index contributed by atoms with van der Waals surface area (Å²) in [5.74, 6) is 0.421.